The molecule has 1 aromatic heterocycles. The first-order valence-electron chi connectivity index (χ1n) is 14.0. The summed E-state index contributed by atoms with van der Waals surface area (Å²) in [5.74, 6) is 3.04. The van der Waals surface area contributed by atoms with Crippen molar-refractivity contribution in [3.05, 3.63) is 48.5 Å². The maximum absolute atomic E-state index is 10.7. The molecule has 1 unspecified atom stereocenters. The van der Waals surface area contributed by atoms with Gasteiger partial charge in [-0.1, -0.05) is 30.3 Å². The van der Waals surface area contributed by atoms with Crippen LogP contribution in [-0.4, -0.2) is 91.5 Å². The molecule has 37 heavy (non-hydrogen) atoms. The van der Waals surface area contributed by atoms with E-state index in [2.05, 4.69) is 73.4 Å². The van der Waals surface area contributed by atoms with Crippen molar-refractivity contribution < 1.29 is 5.11 Å². The average Bonchev–Trinajstić information content (AvgIpc) is 3.67. The zero-order chi connectivity index (χ0) is 25.0. The van der Waals surface area contributed by atoms with E-state index >= 15 is 0 Å². The van der Waals surface area contributed by atoms with Gasteiger partial charge < -0.3 is 25.1 Å². The lowest BCUT2D eigenvalue weighted by Crippen LogP contribution is -2.49. The molecule has 8 heteroatoms. The minimum Gasteiger partial charge on any atom is -0.390 e. The summed E-state index contributed by atoms with van der Waals surface area (Å²) in [5, 5.41) is 16.6. The molecule has 0 radical (unpaired) electrons. The van der Waals surface area contributed by atoms with Gasteiger partial charge in [0.1, 0.15) is 11.6 Å². The van der Waals surface area contributed by atoms with Gasteiger partial charge in [-0.3, -0.25) is 4.90 Å². The van der Waals surface area contributed by atoms with E-state index in [1.54, 1.807) is 0 Å². The molecule has 3 fully saturated rings. The van der Waals surface area contributed by atoms with Crippen molar-refractivity contribution in [3.63, 3.8) is 0 Å². The molecular formula is C29H39N7O. The molecule has 3 aliphatic rings. The smallest absolute Gasteiger partial charge is 0.229 e. The normalized spacial score (nSPS) is 19.6. The van der Waals surface area contributed by atoms with Crippen molar-refractivity contribution in [1.29, 1.82) is 0 Å². The summed E-state index contributed by atoms with van der Waals surface area (Å²) < 4.78 is 0. The number of anilines is 4. The second kappa shape index (κ2) is 11.1. The zero-order valence-corrected chi connectivity index (χ0v) is 21.7. The van der Waals surface area contributed by atoms with Gasteiger partial charge in [-0.25, -0.2) is 0 Å². The number of fused-ring (bicyclic) bond motifs is 1. The van der Waals surface area contributed by atoms with Crippen molar-refractivity contribution >= 4 is 34.0 Å². The number of aromatic nitrogens is 2. The number of β-amino-alcohol motifs (C(OH)–C–C–N with tert-alkyl or cyclic N) is 1. The highest BCUT2D eigenvalue weighted by Crippen LogP contribution is 2.28. The van der Waals surface area contributed by atoms with E-state index < -0.39 is 6.10 Å². The standard InChI is InChI=1S/C29H39N7O/c37-26(21-30-25-10-9-23-7-1-2-8-24(23)19-25)22-33-15-17-35(18-16-33)28-20-27(34-11-3-4-12-34)31-29(32-28)36-13-5-6-14-36/h1-2,7-10,19-20,26,30,37H,3-6,11-18,21-22H2. The van der Waals surface area contributed by atoms with Crippen LogP contribution in [0.3, 0.4) is 0 Å². The van der Waals surface area contributed by atoms with Crippen LogP contribution in [0.15, 0.2) is 48.5 Å². The van der Waals surface area contributed by atoms with Crippen LogP contribution < -0.4 is 20.0 Å². The first-order chi connectivity index (χ1) is 18.2. The Labute approximate surface area is 219 Å². The third-order valence-corrected chi connectivity index (χ3v) is 7.96. The lowest BCUT2D eigenvalue weighted by Gasteiger charge is -2.37. The average molecular weight is 502 g/mol. The van der Waals surface area contributed by atoms with Crippen molar-refractivity contribution in [3.8, 4) is 0 Å². The number of piperazine rings is 1. The minimum absolute atomic E-state index is 0.416. The number of rotatable bonds is 8. The Balaban J connectivity index is 1.04. The van der Waals surface area contributed by atoms with Gasteiger partial charge >= 0.3 is 0 Å². The molecule has 3 aliphatic heterocycles. The van der Waals surface area contributed by atoms with Crippen LogP contribution in [0.5, 0.6) is 0 Å². The molecule has 0 spiro atoms. The quantitative estimate of drug-likeness (QED) is 0.487. The number of aliphatic hydroxyl groups is 1. The predicted molar refractivity (Wildman–Crippen MR) is 152 cm³/mol. The Bertz CT molecular complexity index is 1150. The van der Waals surface area contributed by atoms with Crippen LogP contribution in [0.4, 0.5) is 23.3 Å². The molecule has 1 atom stereocenters. The topological polar surface area (TPSA) is 71.0 Å². The van der Waals surface area contributed by atoms with Crippen LogP contribution in [-0.2, 0) is 0 Å². The Kier molecular flexibility index (Phi) is 7.28. The van der Waals surface area contributed by atoms with Gasteiger partial charge in [-0.2, -0.15) is 9.97 Å². The Morgan fingerprint density at radius 1 is 0.703 bits per heavy atom. The minimum atomic E-state index is -0.416. The highest BCUT2D eigenvalue weighted by molar-refractivity contribution is 5.85. The molecule has 3 saturated heterocycles. The Hall–Kier alpha value is -3.10. The summed E-state index contributed by atoms with van der Waals surface area (Å²) in [4.78, 5) is 19.5. The Morgan fingerprint density at radius 2 is 1.32 bits per heavy atom. The number of hydrogen-bond donors (Lipinski definition) is 2. The molecule has 0 aliphatic carbocycles. The van der Waals surface area contributed by atoms with Crippen LogP contribution in [0.25, 0.3) is 10.8 Å². The molecule has 0 amide bonds. The van der Waals surface area contributed by atoms with E-state index in [9.17, 15) is 5.11 Å². The van der Waals surface area contributed by atoms with Gasteiger partial charge in [-0.05, 0) is 48.6 Å². The second-order valence-electron chi connectivity index (χ2n) is 10.7. The van der Waals surface area contributed by atoms with Crippen molar-refractivity contribution in [2.45, 2.75) is 31.8 Å². The summed E-state index contributed by atoms with van der Waals surface area (Å²) in [6.07, 6.45) is 4.53. The lowest BCUT2D eigenvalue weighted by atomic mass is 10.1. The van der Waals surface area contributed by atoms with Crippen LogP contribution in [0.1, 0.15) is 25.7 Å². The summed E-state index contributed by atoms with van der Waals surface area (Å²) in [6.45, 7) is 9.21. The fraction of sp³-hybridized carbons (Fsp3) is 0.517. The predicted octanol–water partition coefficient (Wildman–Crippen LogP) is 3.43. The van der Waals surface area contributed by atoms with Gasteiger partial charge in [-0.15, -0.1) is 0 Å². The van der Waals surface area contributed by atoms with E-state index in [1.807, 2.05) is 0 Å². The van der Waals surface area contributed by atoms with Crippen LogP contribution >= 0.6 is 0 Å². The summed E-state index contributed by atoms with van der Waals surface area (Å²) in [7, 11) is 0. The first kappa shape index (κ1) is 24.2. The summed E-state index contributed by atoms with van der Waals surface area (Å²) >= 11 is 0. The van der Waals surface area contributed by atoms with Crippen molar-refractivity contribution in [1.82, 2.24) is 14.9 Å². The highest BCUT2D eigenvalue weighted by Gasteiger charge is 2.25. The number of nitrogens with one attached hydrogen (secondary N) is 1. The molecule has 4 heterocycles. The van der Waals surface area contributed by atoms with E-state index in [4.69, 9.17) is 9.97 Å². The summed E-state index contributed by atoms with van der Waals surface area (Å²) in [6, 6.07) is 16.9. The van der Waals surface area contributed by atoms with E-state index in [1.165, 1.54) is 36.5 Å². The number of benzene rings is 2. The second-order valence-corrected chi connectivity index (χ2v) is 10.7. The third-order valence-electron chi connectivity index (χ3n) is 7.96. The first-order valence-corrected chi connectivity index (χ1v) is 14.0. The molecule has 6 rings (SSSR count). The number of nitrogens with zero attached hydrogens (tertiary/aromatic N) is 6. The molecule has 0 bridgehead atoms. The van der Waals surface area contributed by atoms with Gasteiger partial charge in [0.05, 0.1) is 6.10 Å². The van der Waals surface area contributed by atoms with Crippen molar-refractivity contribution in [2.24, 2.45) is 0 Å². The molecular weight excluding hydrogens is 462 g/mol. The molecule has 3 aromatic rings. The van der Waals surface area contributed by atoms with Gasteiger partial charge in [0, 0.05) is 77.2 Å². The van der Waals surface area contributed by atoms with Gasteiger partial charge in [0.15, 0.2) is 0 Å². The van der Waals surface area contributed by atoms with E-state index in [-0.39, 0.29) is 0 Å². The molecule has 0 saturated carbocycles. The Morgan fingerprint density at radius 3 is 2.03 bits per heavy atom. The van der Waals surface area contributed by atoms with Gasteiger partial charge in [0.2, 0.25) is 5.95 Å². The molecule has 2 aromatic carbocycles. The SMILES string of the molecule is OC(CNc1ccc2ccccc2c1)CN1CCN(c2cc(N3CCCC3)nc(N3CCCC3)n2)CC1. The van der Waals surface area contributed by atoms with E-state index in [0.29, 0.717) is 13.1 Å². The van der Waals surface area contributed by atoms with Gasteiger partial charge in [0.25, 0.3) is 0 Å². The molecule has 196 valence electrons. The third kappa shape index (κ3) is 5.75. The monoisotopic (exact) mass is 501 g/mol. The fourth-order valence-electron chi connectivity index (χ4n) is 5.80. The van der Waals surface area contributed by atoms with Crippen molar-refractivity contribution in [2.75, 3.05) is 85.5 Å². The molecule has 8 nitrogen and oxygen atoms in total. The fourth-order valence-corrected chi connectivity index (χ4v) is 5.80. The summed E-state index contributed by atoms with van der Waals surface area (Å²) in [5.41, 5.74) is 1.05. The van der Waals surface area contributed by atoms with Crippen LogP contribution in [0, 0.1) is 0 Å². The highest BCUT2D eigenvalue weighted by atomic mass is 16.3. The van der Waals surface area contributed by atoms with E-state index in [0.717, 1.165) is 75.6 Å². The zero-order valence-electron chi connectivity index (χ0n) is 21.7. The largest absolute Gasteiger partial charge is 0.390 e. The number of aliphatic hydroxyl groups excluding tert-OH is 1. The molecule has 2 N–H and O–H groups in total. The lowest BCUT2D eigenvalue weighted by molar-refractivity contribution is 0.118. The number of hydrogen-bond acceptors (Lipinski definition) is 8. The maximum atomic E-state index is 10.7. The van der Waals surface area contributed by atoms with Crippen LogP contribution in [0.2, 0.25) is 0 Å². The maximum Gasteiger partial charge on any atom is 0.229 e.